The summed E-state index contributed by atoms with van der Waals surface area (Å²) in [6.45, 7) is 1.72. The molecule has 6 heteroatoms. The molecular weight excluding hydrogens is 290 g/mol. The van der Waals surface area contributed by atoms with Crippen molar-refractivity contribution >= 4 is 29.4 Å². The Hall–Kier alpha value is -1.82. The fraction of sp³-hybridized carbons (Fsp3) is 0.400. The summed E-state index contributed by atoms with van der Waals surface area (Å²) in [5.41, 5.74) is 0.630. The predicted octanol–water partition coefficient (Wildman–Crippen LogP) is 1.78. The lowest BCUT2D eigenvalue weighted by Gasteiger charge is -2.19. The van der Waals surface area contributed by atoms with Crippen LogP contribution in [-0.4, -0.2) is 52.8 Å². The van der Waals surface area contributed by atoms with Gasteiger partial charge >= 0.3 is 5.97 Å². The van der Waals surface area contributed by atoms with Crippen molar-refractivity contribution in [1.29, 1.82) is 0 Å². The summed E-state index contributed by atoms with van der Waals surface area (Å²) < 4.78 is 0. The highest BCUT2D eigenvalue weighted by molar-refractivity contribution is 8.00. The molecule has 21 heavy (non-hydrogen) atoms. The number of aliphatic carboxylic acids is 1. The molecule has 0 heterocycles. The third-order valence-electron chi connectivity index (χ3n) is 2.95. The molecule has 114 valence electrons. The second kappa shape index (κ2) is 8.46. The van der Waals surface area contributed by atoms with Crippen molar-refractivity contribution in [3.63, 3.8) is 0 Å². The minimum atomic E-state index is -0.929. The molecule has 1 N–H and O–H groups in total. The molecule has 0 aliphatic carbocycles. The van der Waals surface area contributed by atoms with Gasteiger partial charge in [-0.1, -0.05) is 37.3 Å². The maximum absolute atomic E-state index is 11.8. The molecule has 0 aromatic heterocycles. The topological polar surface area (TPSA) is 74.7 Å². The molecule has 0 aliphatic rings. The third-order valence-corrected chi connectivity index (χ3v) is 3.87. The van der Waals surface area contributed by atoms with E-state index in [0.29, 0.717) is 5.56 Å². The number of rotatable bonds is 8. The highest BCUT2D eigenvalue weighted by Crippen LogP contribution is 2.09. The highest BCUT2D eigenvalue weighted by atomic mass is 32.2. The Labute approximate surface area is 128 Å². The summed E-state index contributed by atoms with van der Waals surface area (Å²) in [4.78, 5) is 35.8. The van der Waals surface area contributed by atoms with Crippen molar-refractivity contribution in [2.45, 2.75) is 6.92 Å². The Morgan fingerprint density at radius 1 is 1.19 bits per heavy atom. The van der Waals surface area contributed by atoms with E-state index in [4.69, 9.17) is 5.11 Å². The molecule has 0 bridgehead atoms. The van der Waals surface area contributed by atoms with Crippen molar-refractivity contribution in [1.82, 2.24) is 4.90 Å². The molecular formula is C15H19NO4S. The first-order chi connectivity index (χ1) is 9.91. The van der Waals surface area contributed by atoms with E-state index in [-0.39, 0.29) is 29.7 Å². The Balaban J connectivity index is 2.33. The van der Waals surface area contributed by atoms with Crippen molar-refractivity contribution in [2.24, 2.45) is 5.92 Å². The van der Waals surface area contributed by atoms with Crippen LogP contribution in [0.3, 0.4) is 0 Å². The van der Waals surface area contributed by atoms with Gasteiger partial charge in [0.1, 0.15) is 0 Å². The Morgan fingerprint density at radius 2 is 1.81 bits per heavy atom. The fourth-order valence-corrected chi connectivity index (χ4v) is 2.49. The molecule has 0 saturated heterocycles. The second-order valence-electron chi connectivity index (χ2n) is 4.80. The lowest BCUT2D eigenvalue weighted by Crippen LogP contribution is -2.34. The maximum Gasteiger partial charge on any atom is 0.308 e. The van der Waals surface area contributed by atoms with E-state index < -0.39 is 11.9 Å². The third kappa shape index (κ3) is 5.99. The second-order valence-corrected chi connectivity index (χ2v) is 5.78. The van der Waals surface area contributed by atoms with Gasteiger partial charge in [0.2, 0.25) is 5.91 Å². The fourth-order valence-electron chi connectivity index (χ4n) is 1.64. The van der Waals surface area contributed by atoms with Crippen LogP contribution in [0.4, 0.5) is 0 Å². The number of Topliss-reactive ketones (excluding diaryl/α,β-unsaturated/α-hetero) is 1. The lowest BCUT2D eigenvalue weighted by atomic mass is 10.2. The number of carbonyl (C=O) groups is 3. The molecule has 0 spiro atoms. The van der Waals surface area contributed by atoms with E-state index in [1.165, 1.54) is 16.7 Å². The van der Waals surface area contributed by atoms with Gasteiger partial charge in [0.25, 0.3) is 0 Å². The van der Waals surface area contributed by atoms with Crippen LogP contribution < -0.4 is 0 Å². The number of nitrogens with zero attached hydrogens (tertiary/aromatic N) is 1. The van der Waals surface area contributed by atoms with Crippen LogP contribution in [-0.2, 0) is 9.59 Å². The summed E-state index contributed by atoms with van der Waals surface area (Å²) in [6.07, 6.45) is 0. The average Bonchev–Trinajstić information content (AvgIpc) is 2.47. The van der Waals surface area contributed by atoms with Gasteiger partial charge in [-0.2, -0.15) is 0 Å². The first-order valence-electron chi connectivity index (χ1n) is 6.54. The smallest absolute Gasteiger partial charge is 0.308 e. The van der Waals surface area contributed by atoms with Crippen LogP contribution in [0.2, 0.25) is 0 Å². The molecule has 1 atom stereocenters. The quantitative estimate of drug-likeness (QED) is 0.741. The van der Waals surface area contributed by atoms with Crippen LogP contribution in [0.15, 0.2) is 30.3 Å². The molecule has 1 unspecified atom stereocenters. The average molecular weight is 309 g/mol. The van der Waals surface area contributed by atoms with E-state index in [1.807, 2.05) is 6.07 Å². The number of thioether (sulfide) groups is 1. The number of hydrogen-bond donors (Lipinski definition) is 1. The molecule has 0 aliphatic heterocycles. The summed E-state index contributed by atoms with van der Waals surface area (Å²) in [5, 5.41) is 8.80. The minimum absolute atomic E-state index is 0.0186. The van der Waals surface area contributed by atoms with Crippen molar-refractivity contribution in [3.8, 4) is 0 Å². The largest absolute Gasteiger partial charge is 0.481 e. The zero-order valence-corrected chi connectivity index (χ0v) is 12.9. The minimum Gasteiger partial charge on any atom is -0.481 e. The Morgan fingerprint density at radius 3 is 2.38 bits per heavy atom. The van der Waals surface area contributed by atoms with Gasteiger partial charge in [-0.05, 0) is 0 Å². The molecule has 5 nitrogen and oxygen atoms in total. The van der Waals surface area contributed by atoms with Crippen molar-refractivity contribution < 1.29 is 19.5 Å². The van der Waals surface area contributed by atoms with Crippen molar-refractivity contribution in [2.75, 3.05) is 25.1 Å². The number of carboxylic acids is 1. The van der Waals surface area contributed by atoms with Crippen LogP contribution in [0.25, 0.3) is 0 Å². The molecule has 0 fully saturated rings. The van der Waals surface area contributed by atoms with Gasteiger partial charge in [0.15, 0.2) is 5.78 Å². The summed E-state index contributed by atoms with van der Waals surface area (Å²) in [7, 11) is 1.57. The lowest BCUT2D eigenvalue weighted by molar-refractivity contribution is -0.142. The van der Waals surface area contributed by atoms with Crippen LogP contribution in [0, 0.1) is 5.92 Å². The highest BCUT2D eigenvalue weighted by Gasteiger charge is 2.17. The normalized spacial score (nSPS) is 11.7. The summed E-state index contributed by atoms with van der Waals surface area (Å²) >= 11 is 1.24. The van der Waals surface area contributed by atoms with Gasteiger partial charge in [-0.15, -0.1) is 11.8 Å². The van der Waals surface area contributed by atoms with E-state index in [1.54, 1.807) is 38.2 Å². The van der Waals surface area contributed by atoms with Gasteiger partial charge in [0, 0.05) is 19.2 Å². The zero-order chi connectivity index (χ0) is 15.8. The zero-order valence-electron chi connectivity index (χ0n) is 12.1. The molecule has 0 saturated carbocycles. The van der Waals surface area contributed by atoms with E-state index in [2.05, 4.69) is 0 Å². The van der Waals surface area contributed by atoms with Crippen LogP contribution in [0.5, 0.6) is 0 Å². The molecule has 0 radical (unpaired) electrons. The van der Waals surface area contributed by atoms with Gasteiger partial charge < -0.3 is 10.0 Å². The first-order valence-corrected chi connectivity index (χ1v) is 7.70. The van der Waals surface area contributed by atoms with Gasteiger partial charge in [-0.3, -0.25) is 14.4 Å². The molecule has 1 amide bonds. The number of carbonyl (C=O) groups excluding carboxylic acids is 2. The summed E-state index contributed by atoms with van der Waals surface area (Å²) in [6, 6.07) is 8.91. The van der Waals surface area contributed by atoms with E-state index >= 15 is 0 Å². The molecule has 1 aromatic carbocycles. The van der Waals surface area contributed by atoms with E-state index in [0.717, 1.165) is 0 Å². The van der Waals surface area contributed by atoms with Gasteiger partial charge in [0.05, 0.1) is 17.4 Å². The van der Waals surface area contributed by atoms with Gasteiger partial charge in [-0.25, -0.2) is 0 Å². The first kappa shape index (κ1) is 17.2. The Bertz CT molecular complexity index is 504. The maximum atomic E-state index is 11.8. The number of amides is 1. The predicted molar refractivity (Wildman–Crippen MR) is 82.5 cm³/mol. The standard InChI is InChI=1S/C15H19NO4S/c1-11(15(19)20)8-16(2)14(18)10-21-9-13(17)12-6-4-3-5-7-12/h3-7,11H,8-10H2,1-2H3,(H,19,20). The van der Waals surface area contributed by atoms with Crippen LogP contribution in [0.1, 0.15) is 17.3 Å². The number of hydrogen-bond acceptors (Lipinski definition) is 4. The number of benzene rings is 1. The number of ketones is 1. The molecule has 1 aromatic rings. The summed E-state index contributed by atoms with van der Waals surface area (Å²) in [5.74, 6) is -1.32. The van der Waals surface area contributed by atoms with Crippen LogP contribution >= 0.6 is 11.8 Å². The number of carboxylic acid groups (broad SMARTS) is 1. The Kier molecular flexibility index (Phi) is 6.94. The van der Waals surface area contributed by atoms with E-state index in [9.17, 15) is 14.4 Å². The monoisotopic (exact) mass is 309 g/mol. The molecule has 1 rings (SSSR count). The SMILES string of the molecule is CC(CN(C)C(=O)CSCC(=O)c1ccccc1)C(=O)O. The van der Waals surface area contributed by atoms with Crippen molar-refractivity contribution in [3.05, 3.63) is 35.9 Å².